The van der Waals surface area contributed by atoms with Gasteiger partial charge < -0.3 is 20.3 Å². The predicted molar refractivity (Wildman–Crippen MR) is 97.1 cm³/mol. The van der Waals surface area contributed by atoms with Crippen molar-refractivity contribution >= 4 is 34.1 Å². The molecule has 0 aliphatic heterocycles. The number of nitrogens with zero attached hydrogens (tertiary/aromatic N) is 1. The molecule has 6 nitrogen and oxygen atoms in total. The van der Waals surface area contributed by atoms with Crippen molar-refractivity contribution < 1.29 is 14.7 Å². The molecule has 130 valence electrons. The van der Waals surface area contributed by atoms with Crippen molar-refractivity contribution in [2.24, 2.45) is 7.05 Å². The number of para-hydroxylation sites is 1. The summed E-state index contributed by atoms with van der Waals surface area (Å²) in [5.74, 6) is -1.46. The topological polar surface area (TPSA) is 83.4 Å². The summed E-state index contributed by atoms with van der Waals surface area (Å²) in [4.78, 5) is 24.6. The van der Waals surface area contributed by atoms with E-state index in [0.29, 0.717) is 6.54 Å². The lowest BCUT2D eigenvalue weighted by Crippen LogP contribution is -2.41. The first kappa shape index (κ1) is 17.2. The van der Waals surface area contributed by atoms with Gasteiger partial charge >= 0.3 is 11.8 Å². The summed E-state index contributed by atoms with van der Waals surface area (Å²) in [5.41, 5.74) is 1.72. The van der Waals surface area contributed by atoms with Crippen molar-refractivity contribution in [2.45, 2.75) is 12.6 Å². The fraction of sp³-hybridized carbons (Fsp3) is 0.222. The lowest BCUT2D eigenvalue weighted by atomic mass is 10.1. The molecule has 3 N–H and O–H groups in total. The highest BCUT2D eigenvalue weighted by Gasteiger charge is 2.18. The van der Waals surface area contributed by atoms with E-state index in [9.17, 15) is 14.7 Å². The Bertz CT molecular complexity index is 886. The van der Waals surface area contributed by atoms with Gasteiger partial charge in [-0.2, -0.15) is 0 Å². The maximum Gasteiger partial charge on any atom is 0.309 e. The normalized spacial score (nSPS) is 12.1. The minimum Gasteiger partial charge on any atom is -0.386 e. The summed E-state index contributed by atoms with van der Waals surface area (Å²) >= 11 is 1.51. The molecule has 0 aliphatic rings. The van der Waals surface area contributed by atoms with Gasteiger partial charge in [0.25, 0.3) is 0 Å². The van der Waals surface area contributed by atoms with E-state index in [1.54, 1.807) is 0 Å². The van der Waals surface area contributed by atoms with Crippen LogP contribution in [0, 0.1) is 0 Å². The van der Waals surface area contributed by atoms with Crippen LogP contribution < -0.4 is 10.6 Å². The van der Waals surface area contributed by atoms with Crippen LogP contribution in [0.4, 0.5) is 0 Å². The van der Waals surface area contributed by atoms with E-state index in [-0.39, 0.29) is 6.54 Å². The number of carbonyl (C=O) groups is 2. The number of rotatable bonds is 5. The molecule has 0 saturated heterocycles. The monoisotopic (exact) mass is 357 g/mol. The molecule has 2 aromatic heterocycles. The second-order valence-electron chi connectivity index (χ2n) is 5.70. The fourth-order valence-electron chi connectivity index (χ4n) is 2.68. The fourth-order valence-corrected chi connectivity index (χ4v) is 3.32. The van der Waals surface area contributed by atoms with Crippen molar-refractivity contribution in [1.82, 2.24) is 15.2 Å². The largest absolute Gasteiger partial charge is 0.386 e. The highest BCUT2D eigenvalue weighted by Crippen LogP contribution is 2.25. The molecule has 0 fully saturated rings. The number of aliphatic hydroxyl groups is 1. The van der Waals surface area contributed by atoms with Gasteiger partial charge in [0.15, 0.2) is 0 Å². The van der Waals surface area contributed by atoms with Crippen LogP contribution in [-0.4, -0.2) is 28.0 Å². The Labute approximate surface area is 149 Å². The Morgan fingerprint density at radius 1 is 1.16 bits per heavy atom. The summed E-state index contributed by atoms with van der Waals surface area (Å²) in [7, 11) is 1.90. The van der Waals surface area contributed by atoms with Crippen molar-refractivity contribution in [3.63, 3.8) is 0 Å². The standard InChI is InChI=1S/C18H19N3O3S/c1-21-11-14(13-6-2-3-7-15(13)21)16(22)10-20-18(24)17(23)19-9-12-5-4-8-25-12/h2-8,11,16,22H,9-10H2,1H3,(H,19,23)(H,20,24)/t16-/m0/s1. The van der Waals surface area contributed by atoms with Gasteiger partial charge in [0.2, 0.25) is 0 Å². The van der Waals surface area contributed by atoms with E-state index < -0.39 is 17.9 Å². The maximum atomic E-state index is 11.9. The molecule has 0 aliphatic carbocycles. The maximum absolute atomic E-state index is 11.9. The molecule has 7 heteroatoms. The minimum absolute atomic E-state index is 0.0285. The molecule has 0 spiro atoms. The van der Waals surface area contributed by atoms with E-state index in [2.05, 4.69) is 10.6 Å². The third-order valence-electron chi connectivity index (χ3n) is 3.95. The second-order valence-corrected chi connectivity index (χ2v) is 6.73. The van der Waals surface area contributed by atoms with Crippen LogP contribution in [-0.2, 0) is 23.2 Å². The molecule has 2 heterocycles. The summed E-state index contributed by atoms with van der Waals surface area (Å²) in [6.07, 6.45) is 0.943. The van der Waals surface area contributed by atoms with Crippen molar-refractivity contribution in [1.29, 1.82) is 0 Å². The van der Waals surface area contributed by atoms with E-state index in [1.807, 2.05) is 59.6 Å². The molecule has 2 amide bonds. The zero-order valence-corrected chi connectivity index (χ0v) is 14.5. The first-order valence-electron chi connectivity index (χ1n) is 7.86. The highest BCUT2D eigenvalue weighted by molar-refractivity contribution is 7.09. The van der Waals surface area contributed by atoms with Crippen LogP contribution >= 0.6 is 11.3 Å². The zero-order valence-electron chi connectivity index (χ0n) is 13.7. The smallest absolute Gasteiger partial charge is 0.309 e. The van der Waals surface area contributed by atoms with Gasteiger partial charge in [0, 0.05) is 41.1 Å². The predicted octanol–water partition coefficient (Wildman–Crippen LogP) is 1.71. The van der Waals surface area contributed by atoms with E-state index in [0.717, 1.165) is 21.3 Å². The molecule has 1 aromatic carbocycles. The molecule has 0 saturated carbocycles. The Hall–Kier alpha value is -2.64. The lowest BCUT2D eigenvalue weighted by molar-refractivity contribution is -0.139. The van der Waals surface area contributed by atoms with Gasteiger partial charge in [-0.15, -0.1) is 11.3 Å². The van der Waals surface area contributed by atoms with Gasteiger partial charge in [-0.25, -0.2) is 0 Å². The summed E-state index contributed by atoms with van der Waals surface area (Å²) in [6, 6.07) is 11.5. The number of aliphatic hydroxyl groups excluding tert-OH is 1. The third-order valence-corrected chi connectivity index (χ3v) is 4.83. The number of hydrogen-bond acceptors (Lipinski definition) is 4. The molecular weight excluding hydrogens is 338 g/mol. The minimum atomic E-state index is -0.889. The van der Waals surface area contributed by atoms with E-state index >= 15 is 0 Å². The molecule has 0 unspecified atom stereocenters. The Morgan fingerprint density at radius 3 is 2.68 bits per heavy atom. The van der Waals surface area contributed by atoms with Crippen LogP contribution in [0.15, 0.2) is 48.0 Å². The summed E-state index contributed by atoms with van der Waals surface area (Å²) in [5, 5.41) is 18.2. The quantitative estimate of drug-likeness (QED) is 0.608. The molecule has 3 aromatic rings. The lowest BCUT2D eigenvalue weighted by Gasteiger charge is -2.11. The number of amides is 2. The molecule has 25 heavy (non-hydrogen) atoms. The number of benzene rings is 1. The third kappa shape index (κ3) is 3.89. The van der Waals surface area contributed by atoms with Gasteiger partial charge in [-0.3, -0.25) is 9.59 Å². The number of aromatic nitrogens is 1. The van der Waals surface area contributed by atoms with Crippen LogP contribution in [0.25, 0.3) is 10.9 Å². The van der Waals surface area contributed by atoms with Crippen LogP contribution in [0.3, 0.4) is 0 Å². The Kier molecular flexibility index (Phi) is 5.16. The SMILES string of the molecule is Cn1cc([C@@H](O)CNC(=O)C(=O)NCc2cccs2)c2ccccc21. The van der Waals surface area contributed by atoms with Gasteiger partial charge in [-0.05, 0) is 17.5 Å². The highest BCUT2D eigenvalue weighted by atomic mass is 32.1. The van der Waals surface area contributed by atoms with Gasteiger partial charge in [-0.1, -0.05) is 24.3 Å². The van der Waals surface area contributed by atoms with Crippen molar-refractivity contribution in [3.8, 4) is 0 Å². The van der Waals surface area contributed by atoms with E-state index in [1.165, 1.54) is 11.3 Å². The molecule has 0 bridgehead atoms. The first-order chi connectivity index (χ1) is 12.1. The molecule has 3 rings (SSSR count). The number of hydrogen-bond donors (Lipinski definition) is 3. The number of nitrogens with one attached hydrogen (secondary N) is 2. The van der Waals surface area contributed by atoms with Crippen molar-refractivity contribution in [3.05, 3.63) is 58.4 Å². The average molecular weight is 357 g/mol. The Balaban J connectivity index is 1.56. The van der Waals surface area contributed by atoms with Crippen LogP contribution in [0.5, 0.6) is 0 Å². The summed E-state index contributed by atoms with van der Waals surface area (Å²) in [6.45, 7) is 0.287. The van der Waals surface area contributed by atoms with Crippen molar-refractivity contribution in [2.75, 3.05) is 6.54 Å². The van der Waals surface area contributed by atoms with Gasteiger partial charge in [0.05, 0.1) is 12.6 Å². The number of aryl methyl sites for hydroxylation is 1. The number of fused-ring (bicyclic) bond motifs is 1. The Morgan fingerprint density at radius 2 is 1.92 bits per heavy atom. The molecule has 1 atom stereocenters. The number of carbonyl (C=O) groups excluding carboxylic acids is 2. The molecular formula is C18H19N3O3S. The average Bonchev–Trinajstić information content (AvgIpc) is 3.26. The number of thiophene rings is 1. The first-order valence-corrected chi connectivity index (χ1v) is 8.74. The van der Waals surface area contributed by atoms with Gasteiger partial charge in [0.1, 0.15) is 0 Å². The second kappa shape index (κ2) is 7.50. The molecule has 0 radical (unpaired) electrons. The van der Waals surface area contributed by atoms with E-state index in [4.69, 9.17) is 0 Å². The van der Waals surface area contributed by atoms with Crippen LogP contribution in [0.2, 0.25) is 0 Å². The zero-order chi connectivity index (χ0) is 17.8. The van der Waals surface area contributed by atoms with Crippen LogP contribution in [0.1, 0.15) is 16.5 Å². The summed E-state index contributed by atoms with van der Waals surface area (Å²) < 4.78 is 1.92.